The number of hydrogen-bond acceptors (Lipinski definition) is 2. The van der Waals surface area contributed by atoms with Crippen LogP contribution in [0.2, 0.25) is 0 Å². The Hall–Kier alpha value is -0.470. The van der Waals surface area contributed by atoms with Crippen molar-refractivity contribution in [3.05, 3.63) is 24.0 Å². The first-order valence-corrected chi connectivity index (χ1v) is 3.56. The van der Waals surface area contributed by atoms with Crippen LogP contribution in [-0.4, -0.2) is 4.98 Å². The molecule has 1 fully saturated rings. The Morgan fingerprint density at radius 1 is 1.25 bits per heavy atom. The number of aromatic nitrogens is 1. The summed E-state index contributed by atoms with van der Waals surface area (Å²) in [7, 11) is 0. The molecule has 1 saturated carbocycles. The lowest BCUT2D eigenvalue weighted by Gasteiger charge is -1.96. The van der Waals surface area contributed by atoms with Crippen molar-refractivity contribution in [2.45, 2.75) is 18.8 Å². The highest BCUT2D eigenvalue weighted by Crippen LogP contribution is 2.39. The molecule has 0 amide bonds. The van der Waals surface area contributed by atoms with Crippen molar-refractivity contribution in [3.8, 4) is 0 Å². The molecule has 4 heteroatoms. The van der Waals surface area contributed by atoms with Crippen molar-refractivity contribution in [2.75, 3.05) is 5.73 Å². The first-order chi connectivity index (χ1) is 4.86. The second kappa shape index (κ2) is 4.53. The Balaban J connectivity index is 0.000000605. The summed E-state index contributed by atoms with van der Waals surface area (Å²) in [6, 6.07) is 2.02. The fraction of sp³-hybridized carbons (Fsp3) is 0.375. The number of rotatable bonds is 1. The van der Waals surface area contributed by atoms with Gasteiger partial charge in [0.1, 0.15) is 0 Å². The van der Waals surface area contributed by atoms with Gasteiger partial charge in [-0.1, -0.05) is 0 Å². The smallest absolute Gasteiger partial charge is 0.0503 e. The Labute approximate surface area is 84.4 Å². The Bertz CT molecular complexity index is 249. The molecule has 1 aliphatic rings. The van der Waals surface area contributed by atoms with Crippen molar-refractivity contribution in [3.63, 3.8) is 0 Å². The third-order valence-corrected chi connectivity index (χ3v) is 1.83. The first-order valence-electron chi connectivity index (χ1n) is 3.56. The van der Waals surface area contributed by atoms with Crippen LogP contribution in [0.1, 0.15) is 24.3 Å². The van der Waals surface area contributed by atoms with E-state index in [0.717, 1.165) is 11.6 Å². The third kappa shape index (κ3) is 2.54. The molecular weight excluding hydrogens is 195 g/mol. The standard InChI is InChI=1S/C8H10N2.2ClH/c9-8-3-7(4-10-5-8)6-1-2-6;;/h3-6H,1-2,9H2;2*1H. The van der Waals surface area contributed by atoms with Gasteiger partial charge in [0.2, 0.25) is 0 Å². The van der Waals surface area contributed by atoms with Crippen molar-refractivity contribution >= 4 is 30.5 Å². The molecule has 0 atom stereocenters. The third-order valence-electron chi connectivity index (χ3n) is 1.83. The van der Waals surface area contributed by atoms with Crippen LogP contribution in [0.5, 0.6) is 0 Å². The van der Waals surface area contributed by atoms with Gasteiger partial charge in [-0.2, -0.15) is 0 Å². The van der Waals surface area contributed by atoms with E-state index in [9.17, 15) is 0 Å². The highest BCUT2D eigenvalue weighted by molar-refractivity contribution is 5.85. The summed E-state index contributed by atoms with van der Waals surface area (Å²) in [5.74, 6) is 0.760. The van der Waals surface area contributed by atoms with Gasteiger partial charge in [-0.05, 0) is 30.4 Å². The van der Waals surface area contributed by atoms with Gasteiger partial charge in [-0.3, -0.25) is 4.98 Å². The number of anilines is 1. The molecule has 0 spiro atoms. The van der Waals surface area contributed by atoms with E-state index in [0.29, 0.717) is 0 Å². The first kappa shape index (κ1) is 11.5. The highest BCUT2D eigenvalue weighted by atomic mass is 35.5. The molecule has 1 aromatic rings. The van der Waals surface area contributed by atoms with E-state index in [1.54, 1.807) is 6.20 Å². The average molecular weight is 207 g/mol. The number of nitrogens with two attached hydrogens (primary N) is 1. The maximum absolute atomic E-state index is 5.56. The van der Waals surface area contributed by atoms with E-state index in [2.05, 4.69) is 4.98 Å². The lowest BCUT2D eigenvalue weighted by Crippen LogP contribution is -1.88. The van der Waals surface area contributed by atoms with Crippen LogP contribution in [0.3, 0.4) is 0 Å². The van der Waals surface area contributed by atoms with Crippen LogP contribution >= 0.6 is 24.8 Å². The highest BCUT2D eigenvalue weighted by Gasteiger charge is 2.23. The summed E-state index contributed by atoms with van der Waals surface area (Å²) in [5, 5.41) is 0. The molecule has 2 N–H and O–H groups in total. The zero-order valence-electron chi connectivity index (χ0n) is 6.56. The maximum Gasteiger partial charge on any atom is 0.0503 e. The van der Waals surface area contributed by atoms with E-state index in [1.807, 2.05) is 12.3 Å². The van der Waals surface area contributed by atoms with Gasteiger partial charge in [0.25, 0.3) is 0 Å². The van der Waals surface area contributed by atoms with Crippen molar-refractivity contribution in [2.24, 2.45) is 0 Å². The quantitative estimate of drug-likeness (QED) is 0.767. The van der Waals surface area contributed by atoms with E-state index >= 15 is 0 Å². The number of pyridine rings is 1. The fourth-order valence-corrected chi connectivity index (χ4v) is 1.12. The summed E-state index contributed by atoms with van der Waals surface area (Å²) in [6.07, 6.45) is 6.22. The molecule has 0 aliphatic heterocycles. The van der Waals surface area contributed by atoms with Crippen molar-refractivity contribution in [1.29, 1.82) is 0 Å². The van der Waals surface area contributed by atoms with Crippen LogP contribution in [-0.2, 0) is 0 Å². The zero-order valence-corrected chi connectivity index (χ0v) is 8.20. The molecule has 0 unspecified atom stereocenters. The Morgan fingerprint density at radius 3 is 2.42 bits per heavy atom. The number of halogens is 2. The minimum atomic E-state index is 0. The van der Waals surface area contributed by atoms with Crippen molar-refractivity contribution < 1.29 is 0 Å². The van der Waals surface area contributed by atoms with Gasteiger partial charge in [-0.25, -0.2) is 0 Å². The van der Waals surface area contributed by atoms with E-state index in [4.69, 9.17) is 5.73 Å². The molecule has 1 heterocycles. The second-order valence-corrected chi connectivity index (χ2v) is 2.83. The van der Waals surface area contributed by atoms with Gasteiger partial charge in [0.05, 0.1) is 5.69 Å². The molecule has 1 aromatic heterocycles. The summed E-state index contributed by atoms with van der Waals surface area (Å²) in [4.78, 5) is 4.02. The second-order valence-electron chi connectivity index (χ2n) is 2.83. The number of nitrogens with zero attached hydrogens (tertiary/aromatic N) is 1. The van der Waals surface area contributed by atoms with E-state index in [-0.39, 0.29) is 24.8 Å². The summed E-state index contributed by atoms with van der Waals surface area (Å²) < 4.78 is 0. The van der Waals surface area contributed by atoms with Crippen LogP contribution in [0.25, 0.3) is 0 Å². The fourth-order valence-electron chi connectivity index (χ4n) is 1.12. The van der Waals surface area contributed by atoms with E-state index in [1.165, 1.54) is 18.4 Å². The van der Waals surface area contributed by atoms with E-state index < -0.39 is 0 Å². The van der Waals surface area contributed by atoms with Crippen molar-refractivity contribution in [1.82, 2.24) is 4.98 Å². The largest absolute Gasteiger partial charge is 0.397 e. The topological polar surface area (TPSA) is 38.9 Å². The number of hydrogen-bond donors (Lipinski definition) is 1. The SMILES string of the molecule is Cl.Cl.Nc1cncc(C2CC2)c1. The molecule has 0 bridgehead atoms. The molecule has 1 aliphatic carbocycles. The molecule has 0 aromatic carbocycles. The molecular formula is C8H12Cl2N2. The summed E-state index contributed by atoms with van der Waals surface area (Å²) >= 11 is 0. The summed E-state index contributed by atoms with van der Waals surface area (Å²) in [5.41, 5.74) is 7.65. The molecule has 2 nitrogen and oxygen atoms in total. The zero-order chi connectivity index (χ0) is 6.97. The average Bonchev–Trinajstić information content (AvgIpc) is 2.68. The monoisotopic (exact) mass is 206 g/mol. The lowest BCUT2D eigenvalue weighted by atomic mass is 10.2. The van der Waals surface area contributed by atoms with Gasteiger partial charge >= 0.3 is 0 Å². The molecule has 0 saturated heterocycles. The van der Waals surface area contributed by atoms with Gasteiger partial charge in [0.15, 0.2) is 0 Å². The molecule has 12 heavy (non-hydrogen) atoms. The summed E-state index contributed by atoms with van der Waals surface area (Å²) in [6.45, 7) is 0. The Morgan fingerprint density at radius 2 is 1.92 bits per heavy atom. The molecule has 2 rings (SSSR count). The van der Waals surface area contributed by atoms with Crippen LogP contribution in [0.15, 0.2) is 18.5 Å². The molecule has 0 radical (unpaired) electrons. The predicted octanol–water partition coefficient (Wildman–Crippen LogP) is 2.38. The minimum absolute atomic E-state index is 0. The van der Waals surface area contributed by atoms with Gasteiger partial charge in [0, 0.05) is 12.4 Å². The van der Waals surface area contributed by atoms with Crippen LogP contribution < -0.4 is 5.73 Å². The van der Waals surface area contributed by atoms with Gasteiger partial charge in [-0.15, -0.1) is 24.8 Å². The minimum Gasteiger partial charge on any atom is -0.397 e. The van der Waals surface area contributed by atoms with Gasteiger partial charge < -0.3 is 5.73 Å². The Kier molecular flexibility index (Phi) is 4.35. The molecule has 68 valence electrons. The maximum atomic E-state index is 5.56. The van der Waals surface area contributed by atoms with Crippen LogP contribution in [0.4, 0.5) is 5.69 Å². The number of nitrogen functional groups attached to an aromatic ring is 1. The lowest BCUT2D eigenvalue weighted by molar-refractivity contribution is 1.10. The normalized spacial score (nSPS) is 14.3. The predicted molar refractivity (Wildman–Crippen MR) is 55.1 cm³/mol. The van der Waals surface area contributed by atoms with Crippen LogP contribution in [0, 0.1) is 0 Å².